The van der Waals surface area contributed by atoms with E-state index < -0.39 is 6.17 Å². The fourth-order valence-electron chi connectivity index (χ4n) is 6.71. The van der Waals surface area contributed by atoms with Gasteiger partial charge < -0.3 is 8.98 Å². The van der Waals surface area contributed by atoms with Crippen molar-refractivity contribution in [2.45, 2.75) is 6.17 Å². The fraction of sp³-hybridized carbons (Fsp3) is 0.0526. The van der Waals surface area contributed by atoms with Crippen LogP contribution in [0.1, 0.15) is 17.3 Å². The van der Waals surface area contributed by atoms with Crippen LogP contribution in [0.15, 0.2) is 132 Å². The number of alkyl halides is 1. The first-order valence-corrected chi connectivity index (χ1v) is 14.6. The molecule has 1 unspecified atom stereocenters. The number of aromatic nitrogens is 4. The minimum absolute atomic E-state index is 0.478. The number of halogens is 1. The average molecular weight is 573 g/mol. The quantitative estimate of drug-likeness (QED) is 0.211. The zero-order valence-electron chi connectivity index (χ0n) is 23.8. The van der Waals surface area contributed by atoms with Crippen molar-refractivity contribution in [1.29, 1.82) is 0 Å². The minimum atomic E-state index is -1.45. The summed E-state index contributed by atoms with van der Waals surface area (Å²) in [7, 11) is 1.99. The SMILES string of the molecule is Cn1c(-c2cccc(C(F)c3cc4c(c5ccccc5n4-c4ccccn4)c4c3oc3ccccc34)c2)nc2ccccc21. The molecule has 0 aliphatic rings. The zero-order valence-corrected chi connectivity index (χ0v) is 23.8. The summed E-state index contributed by atoms with van der Waals surface area (Å²) in [4.78, 5) is 9.55. The Morgan fingerprint density at radius 1 is 0.705 bits per heavy atom. The molecular weight excluding hydrogens is 547 g/mol. The van der Waals surface area contributed by atoms with Gasteiger partial charge in [-0.2, -0.15) is 0 Å². The number of nitrogens with zero attached hydrogens (tertiary/aromatic N) is 4. The van der Waals surface area contributed by atoms with Crippen LogP contribution in [0.5, 0.6) is 0 Å². The predicted octanol–water partition coefficient (Wildman–Crippen LogP) is 9.69. The average Bonchev–Trinajstić information content (AvgIpc) is 3.74. The summed E-state index contributed by atoms with van der Waals surface area (Å²) in [6.07, 6.45) is 0.333. The molecule has 5 aromatic carbocycles. The number of benzene rings is 5. The number of aryl methyl sites for hydroxylation is 1. The summed E-state index contributed by atoms with van der Waals surface area (Å²) in [5.41, 5.74) is 6.98. The van der Waals surface area contributed by atoms with Gasteiger partial charge in [0.05, 0.1) is 22.1 Å². The number of para-hydroxylation sites is 4. The number of furan rings is 1. The summed E-state index contributed by atoms with van der Waals surface area (Å²) < 4.78 is 27.8. The van der Waals surface area contributed by atoms with Crippen LogP contribution in [0.3, 0.4) is 0 Å². The second-order valence-electron chi connectivity index (χ2n) is 11.2. The molecule has 4 heterocycles. The molecule has 0 amide bonds. The van der Waals surface area contributed by atoms with Gasteiger partial charge >= 0.3 is 0 Å². The van der Waals surface area contributed by atoms with Gasteiger partial charge in [0.2, 0.25) is 0 Å². The number of pyridine rings is 1. The van der Waals surface area contributed by atoms with Crippen LogP contribution < -0.4 is 0 Å². The molecule has 0 radical (unpaired) electrons. The maximum absolute atomic E-state index is 17.1. The molecule has 0 bridgehead atoms. The van der Waals surface area contributed by atoms with Gasteiger partial charge in [-0.3, -0.25) is 4.57 Å². The number of rotatable bonds is 4. The number of hydrogen-bond acceptors (Lipinski definition) is 3. The molecule has 0 fully saturated rings. The molecule has 0 saturated heterocycles. The molecule has 0 aliphatic carbocycles. The highest BCUT2D eigenvalue weighted by molar-refractivity contribution is 6.28. The highest BCUT2D eigenvalue weighted by Gasteiger charge is 2.26. The number of fused-ring (bicyclic) bond motifs is 8. The first-order valence-electron chi connectivity index (χ1n) is 14.6. The largest absolute Gasteiger partial charge is 0.456 e. The molecule has 44 heavy (non-hydrogen) atoms. The van der Waals surface area contributed by atoms with E-state index in [1.165, 1.54) is 0 Å². The Hall–Kier alpha value is -5.75. The lowest BCUT2D eigenvalue weighted by atomic mass is 9.96. The summed E-state index contributed by atoms with van der Waals surface area (Å²) in [6, 6.07) is 39.7. The van der Waals surface area contributed by atoms with E-state index >= 15 is 4.39 Å². The molecule has 5 nitrogen and oxygen atoms in total. The fourth-order valence-corrected chi connectivity index (χ4v) is 6.71. The Kier molecular flexibility index (Phi) is 5.29. The van der Waals surface area contributed by atoms with Gasteiger partial charge in [-0.1, -0.05) is 72.8 Å². The van der Waals surface area contributed by atoms with Crippen LogP contribution in [0, 0.1) is 0 Å². The van der Waals surface area contributed by atoms with Crippen molar-refractivity contribution in [3.63, 3.8) is 0 Å². The number of imidazole rings is 1. The van der Waals surface area contributed by atoms with Gasteiger partial charge in [0.15, 0.2) is 6.17 Å². The molecule has 6 heteroatoms. The molecule has 4 aromatic heterocycles. The molecule has 0 saturated carbocycles. The van der Waals surface area contributed by atoms with E-state index in [4.69, 9.17) is 14.4 Å². The molecule has 210 valence electrons. The lowest BCUT2D eigenvalue weighted by Crippen LogP contribution is -2.00. The van der Waals surface area contributed by atoms with E-state index in [2.05, 4.69) is 27.3 Å². The van der Waals surface area contributed by atoms with Crippen molar-refractivity contribution in [1.82, 2.24) is 19.1 Å². The lowest BCUT2D eigenvalue weighted by molar-refractivity contribution is 0.401. The van der Waals surface area contributed by atoms with Gasteiger partial charge in [0, 0.05) is 45.9 Å². The normalized spacial score (nSPS) is 12.7. The standard InChI is InChI=1S/C38H25FN4O/c1-42-30-17-6-4-15-28(30)41-38(42)24-12-10-11-23(21-24)36(39)27-22-31-34(35-26-14-3-7-18-32(26)44-37(27)35)25-13-2-5-16-29(25)43(31)33-19-8-9-20-40-33/h2-22,36H,1H3. The second-order valence-corrected chi connectivity index (χ2v) is 11.2. The topological polar surface area (TPSA) is 48.8 Å². The van der Waals surface area contributed by atoms with Crippen molar-refractivity contribution in [2.24, 2.45) is 7.05 Å². The van der Waals surface area contributed by atoms with E-state index in [1.807, 2.05) is 110 Å². The molecular formula is C38H25FN4O. The third-order valence-corrected chi connectivity index (χ3v) is 8.69. The summed E-state index contributed by atoms with van der Waals surface area (Å²) >= 11 is 0. The van der Waals surface area contributed by atoms with E-state index in [1.54, 1.807) is 6.20 Å². The third kappa shape index (κ3) is 3.51. The van der Waals surface area contributed by atoms with Gasteiger partial charge in [0.25, 0.3) is 0 Å². The highest BCUT2D eigenvalue weighted by atomic mass is 19.1. The Labute approximate surface area is 251 Å². The van der Waals surface area contributed by atoms with E-state index in [-0.39, 0.29) is 0 Å². The number of hydrogen-bond donors (Lipinski definition) is 0. The minimum Gasteiger partial charge on any atom is -0.456 e. The lowest BCUT2D eigenvalue weighted by Gasteiger charge is -2.13. The Bertz CT molecular complexity index is 2540. The van der Waals surface area contributed by atoms with Crippen molar-refractivity contribution in [3.8, 4) is 17.2 Å². The Morgan fingerprint density at radius 2 is 1.48 bits per heavy atom. The van der Waals surface area contributed by atoms with Gasteiger partial charge in [-0.05, 0) is 54.1 Å². The summed E-state index contributed by atoms with van der Waals surface area (Å²) in [5.74, 6) is 1.57. The highest BCUT2D eigenvalue weighted by Crippen LogP contribution is 2.45. The monoisotopic (exact) mass is 572 g/mol. The first kappa shape index (κ1) is 24.8. The van der Waals surface area contributed by atoms with Gasteiger partial charge in [0.1, 0.15) is 22.8 Å². The molecule has 0 aliphatic heterocycles. The molecule has 0 spiro atoms. The van der Waals surface area contributed by atoms with Gasteiger partial charge in [-0.15, -0.1) is 0 Å². The van der Waals surface area contributed by atoms with Crippen molar-refractivity contribution < 1.29 is 8.81 Å². The maximum atomic E-state index is 17.1. The Morgan fingerprint density at radius 3 is 2.32 bits per heavy atom. The van der Waals surface area contributed by atoms with E-state index in [0.717, 1.165) is 66.4 Å². The van der Waals surface area contributed by atoms with Crippen molar-refractivity contribution in [3.05, 3.63) is 139 Å². The molecule has 9 rings (SSSR count). The predicted molar refractivity (Wildman–Crippen MR) is 175 cm³/mol. The third-order valence-electron chi connectivity index (χ3n) is 8.69. The van der Waals surface area contributed by atoms with Crippen LogP contribution in [0.2, 0.25) is 0 Å². The van der Waals surface area contributed by atoms with E-state index in [9.17, 15) is 0 Å². The van der Waals surface area contributed by atoms with Crippen molar-refractivity contribution >= 4 is 54.8 Å². The molecule has 9 aromatic rings. The maximum Gasteiger partial charge on any atom is 0.154 e. The summed E-state index contributed by atoms with van der Waals surface area (Å²) in [5, 5.41) is 3.96. The van der Waals surface area contributed by atoms with Crippen molar-refractivity contribution in [2.75, 3.05) is 0 Å². The van der Waals surface area contributed by atoms with Crippen LogP contribution in [0.4, 0.5) is 4.39 Å². The van der Waals surface area contributed by atoms with E-state index in [0.29, 0.717) is 16.7 Å². The smallest absolute Gasteiger partial charge is 0.154 e. The first-order chi connectivity index (χ1) is 21.7. The van der Waals surface area contributed by atoms with Crippen LogP contribution >= 0.6 is 0 Å². The van der Waals surface area contributed by atoms with Gasteiger partial charge in [-0.25, -0.2) is 14.4 Å². The Balaban J connectivity index is 1.33. The van der Waals surface area contributed by atoms with Crippen LogP contribution in [-0.2, 0) is 7.05 Å². The molecule has 1 atom stereocenters. The molecule has 0 N–H and O–H groups in total. The van der Waals surface area contributed by atoms with Crippen LogP contribution in [0.25, 0.3) is 72.0 Å². The van der Waals surface area contributed by atoms with Crippen LogP contribution in [-0.4, -0.2) is 19.1 Å². The second kappa shape index (κ2) is 9.38. The zero-order chi connectivity index (χ0) is 29.4. The summed E-state index contributed by atoms with van der Waals surface area (Å²) in [6.45, 7) is 0.